The van der Waals surface area contributed by atoms with Gasteiger partial charge in [0.1, 0.15) is 5.75 Å². The number of ketones is 2. The van der Waals surface area contributed by atoms with E-state index < -0.39 is 5.92 Å². The van der Waals surface area contributed by atoms with Gasteiger partial charge in [0.25, 0.3) is 5.91 Å². The summed E-state index contributed by atoms with van der Waals surface area (Å²) in [4.78, 5) is 42.5. The van der Waals surface area contributed by atoms with E-state index in [1.54, 1.807) is 18.2 Å². The van der Waals surface area contributed by atoms with E-state index in [-0.39, 0.29) is 34.9 Å². The second kappa shape index (κ2) is 10.2. The molecule has 0 bridgehead atoms. The first kappa shape index (κ1) is 28.2. The summed E-state index contributed by atoms with van der Waals surface area (Å²) in [5.41, 5.74) is 5.24. The molecule has 0 spiro atoms. The van der Waals surface area contributed by atoms with Crippen molar-refractivity contribution in [2.75, 3.05) is 19.0 Å². The Hall–Kier alpha value is -3.38. The molecule has 7 heteroatoms. The molecular formula is C33H37ClN2O4. The Morgan fingerprint density at radius 2 is 1.52 bits per heavy atom. The third kappa shape index (κ3) is 5.34. The van der Waals surface area contributed by atoms with Gasteiger partial charge < -0.3 is 15.0 Å². The van der Waals surface area contributed by atoms with E-state index in [4.69, 9.17) is 16.3 Å². The maximum absolute atomic E-state index is 13.8. The maximum Gasteiger partial charge on any atom is 0.262 e. The monoisotopic (exact) mass is 560 g/mol. The second-order valence-corrected chi connectivity index (χ2v) is 13.3. The fourth-order valence-electron chi connectivity index (χ4n) is 6.34. The number of Topliss-reactive ketones (excluding diaryl/α,β-unsaturated/α-hetero) is 2. The van der Waals surface area contributed by atoms with E-state index in [1.807, 2.05) is 38.2 Å². The smallest absolute Gasteiger partial charge is 0.262 e. The predicted octanol–water partition coefficient (Wildman–Crippen LogP) is 6.98. The van der Waals surface area contributed by atoms with Crippen molar-refractivity contribution in [1.82, 2.24) is 4.90 Å². The van der Waals surface area contributed by atoms with E-state index in [0.29, 0.717) is 40.4 Å². The molecule has 0 aromatic heterocycles. The number of carbonyl (C=O) groups excluding carboxylic acids is 3. The number of nitrogens with one attached hydrogen (secondary N) is 1. The molecule has 3 aliphatic rings. The third-order valence-corrected chi connectivity index (χ3v) is 8.63. The van der Waals surface area contributed by atoms with Crippen molar-refractivity contribution in [3.63, 3.8) is 0 Å². The highest BCUT2D eigenvalue weighted by atomic mass is 35.5. The van der Waals surface area contributed by atoms with Crippen LogP contribution in [0.5, 0.6) is 5.75 Å². The van der Waals surface area contributed by atoms with Crippen LogP contribution in [0.4, 0.5) is 5.69 Å². The first-order valence-corrected chi connectivity index (χ1v) is 14.2. The van der Waals surface area contributed by atoms with E-state index in [2.05, 4.69) is 37.9 Å². The van der Waals surface area contributed by atoms with Gasteiger partial charge in [0.05, 0.1) is 0 Å². The van der Waals surface area contributed by atoms with Crippen LogP contribution in [-0.4, -0.2) is 36.0 Å². The Balaban J connectivity index is 1.52. The molecule has 1 N–H and O–H groups in total. The number of benzene rings is 2. The first-order chi connectivity index (χ1) is 18.8. The highest BCUT2D eigenvalue weighted by Gasteiger charge is 2.48. The molecule has 210 valence electrons. The molecule has 0 saturated carbocycles. The number of allylic oxidation sites excluding steroid dienone is 4. The van der Waals surface area contributed by atoms with Crippen LogP contribution >= 0.6 is 11.6 Å². The largest absolute Gasteiger partial charge is 0.483 e. The lowest BCUT2D eigenvalue weighted by Crippen LogP contribution is -2.43. The number of carbonyl (C=O) groups is 3. The summed E-state index contributed by atoms with van der Waals surface area (Å²) in [6, 6.07) is 12.8. The van der Waals surface area contributed by atoms with Crippen molar-refractivity contribution < 1.29 is 19.1 Å². The number of hydrogen-bond donors (Lipinski definition) is 1. The zero-order valence-corrected chi connectivity index (χ0v) is 24.9. The third-order valence-electron chi connectivity index (χ3n) is 8.22. The first-order valence-electron chi connectivity index (χ1n) is 13.8. The lowest BCUT2D eigenvalue weighted by molar-refractivity contribution is -0.120. The summed E-state index contributed by atoms with van der Waals surface area (Å²) in [5, 5.41) is 3.40. The summed E-state index contributed by atoms with van der Waals surface area (Å²) in [6.45, 7) is 10.1. The summed E-state index contributed by atoms with van der Waals surface area (Å²) in [5.74, 6) is -0.234. The molecule has 5 rings (SSSR count). The molecule has 40 heavy (non-hydrogen) atoms. The normalized spacial score (nSPS) is 20.3. The van der Waals surface area contributed by atoms with E-state index >= 15 is 0 Å². The number of rotatable bonds is 5. The lowest BCUT2D eigenvalue weighted by atomic mass is 9.63. The van der Waals surface area contributed by atoms with E-state index in [9.17, 15) is 14.4 Å². The van der Waals surface area contributed by atoms with Crippen molar-refractivity contribution in [3.8, 4) is 5.75 Å². The standard InChI is InChI=1S/C33H37ClN2O4/c1-19-11-12-20(13-22(19)34)35-28(39)18-40-27-10-8-7-9-21(27)29-30-23(14-32(2,3)16-25(30)37)36(6)24-15-33(4,5)17-26(38)31(24)29/h7-13,29H,14-18H2,1-6H3,(H,35,39). The number of hydrogen-bond acceptors (Lipinski definition) is 5. The number of halogens is 1. The molecule has 0 unspecified atom stereocenters. The highest BCUT2D eigenvalue weighted by Crippen LogP contribution is 2.54. The molecule has 0 fully saturated rings. The number of nitrogens with zero attached hydrogens (tertiary/aromatic N) is 1. The molecular weight excluding hydrogens is 524 g/mol. The zero-order valence-electron chi connectivity index (χ0n) is 24.1. The van der Waals surface area contributed by atoms with Crippen LogP contribution in [0.2, 0.25) is 5.02 Å². The molecule has 6 nitrogen and oxygen atoms in total. The van der Waals surface area contributed by atoms with Gasteiger partial charge in [-0.3, -0.25) is 14.4 Å². The van der Waals surface area contributed by atoms with Crippen molar-refractivity contribution in [2.24, 2.45) is 10.8 Å². The van der Waals surface area contributed by atoms with Gasteiger partial charge in [0.15, 0.2) is 18.2 Å². The van der Waals surface area contributed by atoms with E-state index in [1.165, 1.54) is 0 Å². The number of aryl methyl sites for hydroxylation is 1. The minimum Gasteiger partial charge on any atom is -0.483 e. The lowest BCUT2D eigenvalue weighted by Gasteiger charge is -2.48. The zero-order chi connectivity index (χ0) is 29.0. The average molecular weight is 561 g/mol. The number of amides is 1. The van der Waals surface area contributed by atoms with Crippen LogP contribution < -0.4 is 10.1 Å². The van der Waals surface area contributed by atoms with Crippen LogP contribution in [0.1, 0.15) is 70.4 Å². The SMILES string of the molecule is Cc1ccc(NC(=O)COc2ccccc2C2C3=C(CC(C)(C)CC3=O)N(C)C3=C2C(=O)CC(C)(C)C3)cc1Cl. The Bertz CT molecular complexity index is 1430. The van der Waals surface area contributed by atoms with Crippen LogP contribution in [0, 0.1) is 17.8 Å². The van der Waals surface area contributed by atoms with Crippen molar-refractivity contribution in [1.29, 1.82) is 0 Å². The fourth-order valence-corrected chi connectivity index (χ4v) is 6.52. The van der Waals surface area contributed by atoms with Gasteiger partial charge in [-0.15, -0.1) is 0 Å². The Kier molecular flexibility index (Phi) is 7.20. The van der Waals surface area contributed by atoms with Gasteiger partial charge in [-0.25, -0.2) is 0 Å². The molecule has 2 aliphatic carbocycles. The fraction of sp³-hybridized carbons (Fsp3) is 0.424. The highest BCUT2D eigenvalue weighted by molar-refractivity contribution is 6.31. The summed E-state index contributed by atoms with van der Waals surface area (Å²) in [7, 11) is 1.99. The second-order valence-electron chi connectivity index (χ2n) is 12.9. The van der Waals surface area contributed by atoms with Crippen molar-refractivity contribution >= 4 is 34.8 Å². The van der Waals surface area contributed by atoms with Gasteiger partial charge in [-0.1, -0.05) is 63.6 Å². The van der Waals surface area contributed by atoms with Crippen molar-refractivity contribution in [3.05, 3.63) is 81.2 Å². The molecule has 1 aliphatic heterocycles. The van der Waals surface area contributed by atoms with Gasteiger partial charge in [-0.05, 0) is 54.4 Å². The molecule has 0 radical (unpaired) electrons. The maximum atomic E-state index is 13.8. The van der Waals surface area contributed by atoms with Crippen LogP contribution in [0.15, 0.2) is 65.0 Å². The van der Waals surface area contributed by atoms with Gasteiger partial charge in [-0.2, -0.15) is 0 Å². The molecule has 2 aromatic carbocycles. The van der Waals surface area contributed by atoms with Gasteiger partial charge in [0, 0.05) is 64.6 Å². The molecule has 0 atom stereocenters. The quantitative estimate of drug-likeness (QED) is 0.427. The predicted molar refractivity (Wildman–Crippen MR) is 157 cm³/mol. The molecule has 1 heterocycles. The molecule has 0 saturated heterocycles. The van der Waals surface area contributed by atoms with Gasteiger partial charge in [0.2, 0.25) is 0 Å². The Morgan fingerprint density at radius 3 is 2.10 bits per heavy atom. The van der Waals surface area contributed by atoms with Crippen molar-refractivity contribution in [2.45, 2.75) is 66.2 Å². The van der Waals surface area contributed by atoms with Gasteiger partial charge >= 0.3 is 0 Å². The number of ether oxygens (including phenoxy) is 1. The summed E-state index contributed by atoms with van der Waals surface area (Å²) >= 11 is 6.21. The number of para-hydroxylation sites is 1. The van der Waals surface area contributed by atoms with E-state index in [0.717, 1.165) is 35.4 Å². The minimum absolute atomic E-state index is 0.0658. The Labute approximate surface area is 241 Å². The number of anilines is 1. The minimum atomic E-state index is -0.524. The summed E-state index contributed by atoms with van der Waals surface area (Å²) in [6.07, 6.45) is 2.33. The Morgan fingerprint density at radius 1 is 0.950 bits per heavy atom. The molecule has 2 aromatic rings. The van der Waals surface area contributed by atoms with Crippen LogP contribution in [0.25, 0.3) is 0 Å². The van der Waals surface area contributed by atoms with Crippen LogP contribution in [-0.2, 0) is 14.4 Å². The average Bonchev–Trinajstić information content (AvgIpc) is 2.85. The molecule has 1 amide bonds. The summed E-state index contributed by atoms with van der Waals surface area (Å²) < 4.78 is 6.09. The topological polar surface area (TPSA) is 75.7 Å². The van der Waals surface area contributed by atoms with Crippen LogP contribution in [0.3, 0.4) is 0 Å².